The van der Waals surface area contributed by atoms with Crippen LogP contribution in [-0.2, 0) is 13.3 Å². The van der Waals surface area contributed by atoms with Crippen molar-refractivity contribution in [3.63, 3.8) is 0 Å². The van der Waals surface area contributed by atoms with Gasteiger partial charge < -0.3 is 13.3 Å². The van der Waals surface area contributed by atoms with E-state index in [-0.39, 0.29) is 17.4 Å². The van der Waals surface area contributed by atoms with Gasteiger partial charge in [0.25, 0.3) is 11.8 Å². The Bertz CT molecular complexity index is 977. The monoisotopic (exact) mass is 541 g/mol. The SMILES string of the molecule is CCO[Si](OCC)(OCC)C(CC)c1c2c(cc3ssssssc13)C(=O)NC2=O. The van der Waals surface area contributed by atoms with Crippen LogP contribution in [0.15, 0.2) is 6.07 Å². The van der Waals surface area contributed by atoms with E-state index >= 15 is 0 Å². The van der Waals surface area contributed by atoms with Crippen molar-refractivity contribution in [3.05, 3.63) is 22.8 Å². The molecule has 30 heavy (non-hydrogen) atoms. The molecule has 1 N–H and O–H groups in total. The average molecular weight is 542 g/mol. The maximum absolute atomic E-state index is 12.9. The third-order valence-electron chi connectivity index (χ3n) is 4.53. The molecule has 0 saturated heterocycles. The minimum Gasteiger partial charge on any atom is -0.373 e. The van der Waals surface area contributed by atoms with E-state index in [1.807, 2.05) is 26.8 Å². The summed E-state index contributed by atoms with van der Waals surface area (Å²) in [6.45, 7) is 9.17. The van der Waals surface area contributed by atoms with Gasteiger partial charge in [-0.05, 0) is 76.2 Å². The smallest absolute Gasteiger partial charge is 0.373 e. The Balaban J connectivity index is 2.42. The number of fused-ring (bicyclic) bond motifs is 2. The van der Waals surface area contributed by atoms with Crippen LogP contribution in [0.3, 0.4) is 0 Å². The van der Waals surface area contributed by atoms with Crippen LogP contribution in [0.4, 0.5) is 0 Å². The molecule has 0 bridgehead atoms. The summed E-state index contributed by atoms with van der Waals surface area (Å²) in [6, 6.07) is 1.84. The Kier molecular flexibility index (Phi) is 9.01. The van der Waals surface area contributed by atoms with Crippen molar-refractivity contribution in [2.45, 2.75) is 39.7 Å². The summed E-state index contributed by atoms with van der Waals surface area (Å²) in [5, 5.41) is 2.48. The van der Waals surface area contributed by atoms with Crippen LogP contribution in [-0.4, -0.2) is 40.4 Å². The highest BCUT2D eigenvalue weighted by atomic mass is 33.5. The van der Waals surface area contributed by atoms with Crippen molar-refractivity contribution >= 4 is 88.1 Å². The Labute approximate surface area is 197 Å². The quantitative estimate of drug-likeness (QED) is 0.225. The van der Waals surface area contributed by atoms with Gasteiger partial charge in [-0.1, -0.05) is 27.6 Å². The lowest BCUT2D eigenvalue weighted by Crippen LogP contribution is -2.52. The lowest BCUT2D eigenvalue weighted by atomic mass is 9.98. The van der Waals surface area contributed by atoms with E-state index < -0.39 is 8.80 Å². The number of carbonyl (C=O) groups excluding carboxylic acids is 2. The van der Waals surface area contributed by atoms with E-state index in [1.54, 1.807) is 58.1 Å². The summed E-state index contributed by atoms with van der Waals surface area (Å²) in [4.78, 5) is 25.4. The second-order valence-corrected chi connectivity index (χ2v) is 18.2. The maximum atomic E-state index is 12.9. The maximum Gasteiger partial charge on any atom is 0.508 e. The standard InChI is InChI=1S/C17H23NO5S6Si/c1-5-12(30(21-6-2,22-7-3)23-8-4)14-13-10(16(19)18-17(13)20)9-11-15(14)25-27-29-28-26-24-11/h9,12H,5-8H2,1-4H3,(H,18,19,20). The molecule has 0 spiro atoms. The minimum absolute atomic E-state index is 0.256. The van der Waals surface area contributed by atoms with Gasteiger partial charge in [-0.2, -0.15) is 0 Å². The van der Waals surface area contributed by atoms with Crippen LogP contribution < -0.4 is 5.32 Å². The summed E-state index contributed by atoms with van der Waals surface area (Å²) in [5.74, 6) is -0.705. The van der Waals surface area contributed by atoms with E-state index in [4.69, 9.17) is 13.3 Å². The molecule has 1 aliphatic rings. The molecule has 2 amide bonds. The summed E-state index contributed by atoms with van der Waals surface area (Å²) < 4.78 is 20.7. The molecule has 1 aromatic carbocycles. The first kappa shape index (κ1) is 24.4. The topological polar surface area (TPSA) is 73.9 Å². The molecule has 0 aliphatic carbocycles. The Morgan fingerprint density at radius 1 is 0.900 bits per heavy atom. The van der Waals surface area contributed by atoms with E-state index in [1.165, 1.54) is 0 Å². The van der Waals surface area contributed by atoms with E-state index in [0.717, 1.165) is 15.0 Å². The fourth-order valence-electron chi connectivity index (χ4n) is 3.58. The number of carbonyl (C=O) groups is 2. The van der Waals surface area contributed by atoms with E-state index in [9.17, 15) is 9.59 Å². The van der Waals surface area contributed by atoms with Gasteiger partial charge in [-0.3, -0.25) is 14.9 Å². The second-order valence-electron chi connectivity index (χ2n) is 6.13. The number of imide groups is 1. The molecule has 2 heterocycles. The fourth-order valence-corrected chi connectivity index (χ4v) is 18.8. The molecule has 1 unspecified atom stereocenters. The van der Waals surface area contributed by atoms with Gasteiger partial charge in [0.15, 0.2) is 0 Å². The summed E-state index contributed by atoms with van der Waals surface area (Å²) in [5.41, 5.74) is 1.44. The van der Waals surface area contributed by atoms with Crippen LogP contribution in [0.25, 0.3) is 9.40 Å². The molecular weight excluding hydrogens is 519 g/mol. The molecule has 0 saturated carbocycles. The van der Waals surface area contributed by atoms with Crippen molar-refractivity contribution < 1.29 is 22.9 Å². The van der Waals surface area contributed by atoms with E-state index in [2.05, 4.69) is 12.2 Å². The lowest BCUT2D eigenvalue weighted by molar-refractivity contribution is 0.0612. The molecule has 1 atom stereocenters. The van der Waals surface area contributed by atoms with Gasteiger partial charge in [0.1, 0.15) is 0 Å². The Hall–Kier alpha value is -0.223. The summed E-state index contributed by atoms with van der Waals surface area (Å²) in [6.07, 6.45) is 0.668. The predicted octanol–water partition coefficient (Wildman–Crippen LogP) is 6.42. The molecule has 166 valence electrons. The van der Waals surface area contributed by atoms with Crippen molar-refractivity contribution in [2.75, 3.05) is 19.8 Å². The Morgan fingerprint density at radius 3 is 2.07 bits per heavy atom. The minimum atomic E-state index is -3.19. The van der Waals surface area contributed by atoms with Gasteiger partial charge >= 0.3 is 8.80 Å². The third-order valence-corrected chi connectivity index (χ3v) is 18.9. The first-order valence-corrected chi connectivity index (χ1v) is 18.8. The molecule has 2 aromatic rings. The van der Waals surface area contributed by atoms with Gasteiger partial charge in [0.2, 0.25) is 0 Å². The lowest BCUT2D eigenvalue weighted by Gasteiger charge is -2.35. The van der Waals surface area contributed by atoms with Crippen LogP contribution in [0.5, 0.6) is 0 Å². The third kappa shape index (κ3) is 4.75. The molecule has 1 aromatic heterocycles. The molecule has 13 heteroatoms. The molecule has 6 nitrogen and oxygen atoms in total. The van der Waals surface area contributed by atoms with Crippen molar-refractivity contribution in [1.82, 2.24) is 5.32 Å². The molecular formula is C17H23NO5S6Si. The highest BCUT2D eigenvalue weighted by Crippen LogP contribution is 2.44. The van der Waals surface area contributed by atoms with Gasteiger partial charge in [0, 0.05) is 19.8 Å². The first-order chi connectivity index (χ1) is 14.5. The second kappa shape index (κ2) is 11.1. The van der Waals surface area contributed by atoms with Gasteiger partial charge in [-0.15, -0.1) is 0 Å². The molecule has 1 aliphatic heterocycles. The number of hydrogen-bond acceptors (Lipinski definition) is 11. The molecule has 0 fully saturated rings. The largest absolute Gasteiger partial charge is 0.508 e. The number of nitrogens with one attached hydrogen (secondary N) is 1. The van der Waals surface area contributed by atoms with Crippen LogP contribution in [0.2, 0.25) is 0 Å². The van der Waals surface area contributed by atoms with Crippen molar-refractivity contribution in [2.24, 2.45) is 0 Å². The highest BCUT2D eigenvalue weighted by molar-refractivity contribution is 8.20. The van der Waals surface area contributed by atoms with Crippen molar-refractivity contribution in [1.29, 1.82) is 0 Å². The van der Waals surface area contributed by atoms with Crippen LogP contribution in [0.1, 0.15) is 65.9 Å². The zero-order chi connectivity index (χ0) is 21.7. The number of rotatable bonds is 9. The van der Waals surface area contributed by atoms with Crippen LogP contribution >= 0.6 is 58.1 Å². The summed E-state index contributed by atoms with van der Waals surface area (Å²) in [7, 11) is 6.71. The number of benzene rings is 1. The van der Waals surface area contributed by atoms with Crippen molar-refractivity contribution in [3.8, 4) is 0 Å². The molecule has 3 rings (SSSR count). The first-order valence-electron chi connectivity index (χ1n) is 9.52. The fraction of sp³-hybridized carbons (Fsp3) is 0.529. The number of amides is 2. The predicted molar refractivity (Wildman–Crippen MR) is 132 cm³/mol. The van der Waals surface area contributed by atoms with Gasteiger partial charge in [-0.25, -0.2) is 0 Å². The zero-order valence-corrected chi connectivity index (χ0v) is 22.9. The van der Waals surface area contributed by atoms with Gasteiger partial charge in [0.05, 0.1) is 26.1 Å². The summed E-state index contributed by atoms with van der Waals surface area (Å²) >= 11 is 0. The highest BCUT2D eigenvalue weighted by Gasteiger charge is 2.52. The average Bonchev–Trinajstić information content (AvgIpc) is 2.97. The molecule has 0 radical (unpaired) electrons. The Morgan fingerprint density at radius 2 is 1.50 bits per heavy atom. The number of hydrogen-bond donors (Lipinski definition) is 1. The zero-order valence-electron chi connectivity index (χ0n) is 17.0. The normalized spacial score (nSPS) is 14.5. The van der Waals surface area contributed by atoms with E-state index in [0.29, 0.717) is 37.4 Å². The van der Waals surface area contributed by atoms with Crippen LogP contribution in [0, 0.1) is 0 Å².